The summed E-state index contributed by atoms with van der Waals surface area (Å²) in [6.07, 6.45) is 5.26. The van der Waals surface area contributed by atoms with E-state index in [0.717, 1.165) is 12.8 Å². The summed E-state index contributed by atoms with van der Waals surface area (Å²) in [6.45, 7) is 6.10. The van der Waals surface area contributed by atoms with Crippen LogP contribution in [-0.4, -0.2) is 18.0 Å². The summed E-state index contributed by atoms with van der Waals surface area (Å²) in [6, 6.07) is 0. The van der Waals surface area contributed by atoms with Crippen molar-refractivity contribution in [1.29, 1.82) is 0 Å². The molecule has 86 valence electrons. The van der Waals surface area contributed by atoms with Gasteiger partial charge in [-0.15, -0.1) is 0 Å². The Morgan fingerprint density at radius 3 is 2.53 bits per heavy atom. The van der Waals surface area contributed by atoms with Crippen molar-refractivity contribution in [3.05, 3.63) is 0 Å². The fourth-order valence-corrected chi connectivity index (χ4v) is 3.63. The molecule has 0 radical (unpaired) electrons. The number of fused-ring (bicyclic) bond motifs is 5. The van der Waals surface area contributed by atoms with Crippen molar-refractivity contribution in [2.75, 3.05) is 0 Å². The Kier molecular flexibility index (Phi) is 3.15. The van der Waals surface area contributed by atoms with E-state index in [4.69, 9.17) is 4.74 Å². The molecule has 2 heterocycles. The molecule has 2 heteroatoms. The largest absolute Gasteiger partial charge is 0.374 e. The van der Waals surface area contributed by atoms with Gasteiger partial charge in [-0.25, -0.2) is 0 Å². The van der Waals surface area contributed by atoms with Crippen molar-refractivity contribution < 1.29 is 9.53 Å². The molecule has 3 rings (SSSR count). The monoisotopic (exact) mass is 210 g/mol. The summed E-state index contributed by atoms with van der Waals surface area (Å²) in [7, 11) is 0. The van der Waals surface area contributed by atoms with E-state index < -0.39 is 0 Å². The van der Waals surface area contributed by atoms with Crippen LogP contribution in [0, 0.1) is 17.8 Å². The lowest BCUT2D eigenvalue weighted by molar-refractivity contribution is -0.128. The minimum Gasteiger partial charge on any atom is -0.374 e. The van der Waals surface area contributed by atoms with Gasteiger partial charge in [-0.05, 0) is 31.1 Å². The van der Waals surface area contributed by atoms with Gasteiger partial charge >= 0.3 is 0 Å². The van der Waals surface area contributed by atoms with E-state index in [2.05, 4.69) is 6.92 Å². The number of rotatable bonds is 0. The first-order valence-electron chi connectivity index (χ1n) is 6.45. The fraction of sp³-hybridized carbons (Fsp3) is 0.923. The summed E-state index contributed by atoms with van der Waals surface area (Å²) in [5.74, 6) is 2.03. The molecule has 2 aliphatic heterocycles. The van der Waals surface area contributed by atoms with Gasteiger partial charge < -0.3 is 4.74 Å². The van der Waals surface area contributed by atoms with E-state index in [9.17, 15) is 4.79 Å². The number of ketones is 1. The van der Waals surface area contributed by atoms with E-state index in [1.165, 1.54) is 12.8 Å². The molecule has 2 saturated heterocycles. The quantitative estimate of drug-likeness (QED) is 0.614. The van der Waals surface area contributed by atoms with Gasteiger partial charge in [-0.1, -0.05) is 20.8 Å². The molecule has 0 amide bonds. The molecule has 0 aromatic rings. The van der Waals surface area contributed by atoms with Crippen LogP contribution >= 0.6 is 0 Å². The standard InChI is InChI=1S/C11H16O2.C2H6/c1-6-8(12)3-2-7-9-4-5-10(13-9)11(6)7;1-2/h6-7,9-11H,2-5H2,1H3;1-2H3. The summed E-state index contributed by atoms with van der Waals surface area (Å²) in [4.78, 5) is 11.6. The van der Waals surface area contributed by atoms with Crippen LogP contribution in [0.4, 0.5) is 0 Å². The van der Waals surface area contributed by atoms with Crippen molar-refractivity contribution in [2.45, 2.75) is 58.7 Å². The first-order chi connectivity index (χ1) is 7.27. The average molecular weight is 210 g/mol. The minimum atomic E-state index is 0.272. The van der Waals surface area contributed by atoms with Crippen molar-refractivity contribution in [3.8, 4) is 0 Å². The molecule has 0 N–H and O–H groups in total. The minimum absolute atomic E-state index is 0.272. The Hall–Kier alpha value is -0.370. The second-order valence-corrected chi connectivity index (χ2v) is 4.83. The van der Waals surface area contributed by atoms with Crippen LogP contribution in [0.2, 0.25) is 0 Å². The Balaban J connectivity index is 0.000000404. The highest BCUT2D eigenvalue weighted by atomic mass is 16.5. The first-order valence-corrected chi connectivity index (χ1v) is 6.45. The molecule has 2 bridgehead atoms. The van der Waals surface area contributed by atoms with Crippen LogP contribution in [0.1, 0.15) is 46.5 Å². The Labute approximate surface area is 92.4 Å². The van der Waals surface area contributed by atoms with Crippen LogP contribution in [0.15, 0.2) is 0 Å². The molecule has 0 spiro atoms. The van der Waals surface area contributed by atoms with Crippen LogP contribution < -0.4 is 0 Å². The number of carbonyl (C=O) groups is 1. The Morgan fingerprint density at radius 2 is 1.80 bits per heavy atom. The highest BCUT2D eigenvalue weighted by Gasteiger charge is 2.53. The molecule has 1 aliphatic carbocycles. The molecule has 5 unspecified atom stereocenters. The third kappa shape index (κ3) is 1.63. The first kappa shape index (κ1) is 11.1. The van der Waals surface area contributed by atoms with Crippen molar-refractivity contribution in [2.24, 2.45) is 17.8 Å². The summed E-state index contributed by atoms with van der Waals surface area (Å²) >= 11 is 0. The molecule has 1 saturated carbocycles. The van der Waals surface area contributed by atoms with Gasteiger partial charge in [0.15, 0.2) is 0 Å². The molecule has 15 heavy (non-hydrogen) atoms. The SMILES string of the molecule is CC.CC1C(=O)CCC2C3CCC(O3)C12. The van der Waals surface area contributed by atoms with E-state index in [1.54, 1.807) is 0 Å². The van der Waals surface area contributed by atoms with Gasteiger partial charge in [0.25, 0.3) is 0 Å². The third-order valence-electron chi connectivity index (χ3n) is 4.30. The van der Waals surface area contributed by atoms with Crippen LogP contribution in [0.3, 0.4) is 0 Å². The van der Waals surface area contributed by atoms with Gasteiger partial charge in [0.05, 0.1) is 12.2 Å². The molecule has 3 aliphatic rings. The van der Waals surface area contributed by atoms with Gasteiger partial charge in [0.1, 0.15) is 5.78 Å². The van der Waals surface area contributed by atoms with E-state index in [0.29, 0.717) is 29.8 Å². The fourth-order valence-electron chi connectivity index (χ4n) is 3.63. The Morgan fingerprint density at radius 1 is 1.13 bits per heavy atom. The zero-order valence-electron chi connectivity index (χ0n) is 10.0. The molecule has 0 aromatic heterocycles. The second kappa shape index (κ2) is 4.25. The van der Waals surface area contributed by atoms with Crippen molar-refractivity contribution in [1.82, 2.24) is 0 Å². The van der Waals surface area contributed by atoms with Gasteiger partial charge in [-0.3, -0.25) is 4.79 Å². The number of ether oxygens (including phenoxy) is 1. The van der Waals surface area contributed by atoms with Crippen LogP contribution in [-0.2, 0) is 9.53 Å². The highest BCUT2D eigenvalue weighted by molar-refractivity contribution is 5.82. The third-order valence-corrected chi connectivity index (χ3v) is 4.30. The number of carbonyl (C=O) groups excluding carboxylic acids is 1. The van der Waals surface area contributed by atoms with Gasteiger partial charge in [0, 0.05) is 12.3 Å². The highest BCUT2D eigenvalue weighted by Crippen LogP contribution is 2.51. The average Bonchev–Trinajstić information content (AvgIpc) is 2.86. The summed E-state index contributed by atoms with van der Waals surface area (Å²) in [5, 5.41) is 0. The smallest absolute Gasteiger partial charge is 0.136 e. The molecular formula is C13H22O2. The predicted octanol–water partition coefficient (Wildman–Crippen LogP) is 2.81. The number of hydrogen-bond acceptors (Lipinski definition) is 2. The molecule has 3 fully saturated rings. The van der Waals surface area contributed by atoms with E-state index in [-0.39, 0.29) is 5.92 Å². The zero-order chi connectivity index (χ0) is 11.0. The molecule has 5 atom stereocenters. The maximum absolute atomic E-state index is 11.6. The maximum Gasteiger partial charge on any atom is 0.136 e. The van der Waals surface area contributed by atoms with Crippen LogP contribution in [0.25, 0.3) is 0 Å². The van der Waals surface area contributed by atoms with Gasteiger partial charge in [-0.2, -0.15) is 0 Å². The second-order valence-electron chi connectivity index (χ2n) is 4.83. The zero-order valence-corrected chi connectivity index (χ0v) is 10.0. The maximum atomic E-state index is 11.6. The topological polar surface area (TPSA) is 26.3 Å². The number of Topliss-reactive ketones (excluding diaryl/α,β-unsaturated/α-hetero) is 1. The lowest BCUT2D eigenvalue weighted by atomic mass is 9.66. The van der Waals surface area contributed by atoms with Gasteiger partial charge in [0.2, 0.25) is 0 Å². The molecule has 0 aromatic carbocycles. The predicted molar refractivity (Wildman–Crippen MR) is 59.6 cm³/mol. The van der Waals surface area contributed by atoms with Crippen molar-refractivity contribution in [3.63, 3.8) is 0 Å². The number of hydrogen-bond donors (Lipinski definition) is 0. The lowest BCUT2D eigenvalue weighted by Crippen LogP contribution is -2.39. The van der Waals surface area contributed by atoms with E-state index in [1.807, 2.05) is 13.8 Å². The molecule has 2 nitrogen and oxygen atoms in total. The Bertz CT molecular complexity index is 249. The lowest BCUT2D eigenvalue weighted by Gasteiger charge is -2.35. The summed E-state index contributed by atoms with van der Waals surface area (Å²) in [5.41, 5.74) is 0. The summed E-state index contributed by atoms with van der Waals surface area (Å²) < 4.78 is 5.89. The molecular weight excluding hydrogens is 188 g/mol. The van der Waals surface area contributed by atoms with Crippen molar-refractivity contribution >= 4 is 5.78 Å². The van der Waals surface area contributed by atoms with E-state index >= 15 is 0 Å². The van der Waals surface area contributed by atoms with Crippen LogP contribution in [0.5, 0.6) is 0 Å². The normalized spacial score (nSPS) is 47.1.